The maximum absolute atomic E-state index is 11.6. The molecular weight excluding hydrogens is 366 g/mol. The number of amides is 1. The summed E-state index contributed by atoms with van der Waals surface area (Å²) >= 11 is 0. The molecule has 1 heterocycles. The number of likely N-dealkylation sites (tertiary alicyclic amines) is 1. The van der Waals surface area contributed by atoms with E-state index < -0.39 is 6.09 Å². The largest absolute Gasteiger partial charge is 0.465 e. The van der Waals surface area contributed by atoms with Gasteiger partial charge < -0.3 is 19.5 Å². The average Bonchev–Trinajstić information content (AvgIpc) is 3.15. The Morgan fingerprint density at radius 3 is 2.55 bits per heavy atom. The molecule has 1 aliphatic heterocycles. The van der Waals surface area contributed by atoms with Crippen molar-refractivity contribution in [3.63, 3.8) is 0 Å². The van der Waals surface area contributed by atoms with Crippen molar-refractivity contribution in [2.75, 3.05) is 19.8 Å². The van der Waals surface area contributed by atoms with Crippen LogP contribution in [0.3, 0.4) is 0 Å². The molecular formula is C24H37NO4. The Kier molecular flexibility index (Phi) is 10.8. The summed E-state index contributed by atoms with van der Waals surface area (Å²) in [4.78, 5) is 23.5. The average molecular weight is 404 g/mol. The van der Waals surface area contributed by atoms with Crippen LogP contribution >= 0.6 is 0 Å². The summed E-state index contributed by atoms with van der Waals surface area (Å²) in [5.74, 6) is 0.167. The third-order valence-corrected chi connectivity index (χ3v) is 5.92. The highest BCUT2D eigenvalue weighted by atomic mass is 16.5. The maximum atomic E-state index is 11.6. The van der Waals surface area contributed by atoms with E-state index in [1.54, 1.807) is 0 Å². The molecule has 0 bridgehead atoms. The molecule has 0 radical (unpaired) electrons. The highest BCUT2D eigenvalue weighted by molar-refractivity contribution is 5.66. The van der Waals surface area contributed by atoms with Crippen molar-refractivity contribution in [2.45, 2.75) is 83.1 Å². The van der Waals surface area contributed by atoms with Crippen LogP contribution < -0.4 is 0 Å². The minimum absolute atomic E-state index is 0.159. The molecule has 2 atom stereocenters. The monoisotopic (exact) mass is 403 g/mol. The van der Waals surface area contributed by atoms with Crippen molar-refractivity contribution >= 4 is 12.4 Å². The minimum Gasteiger partial charge on any atom is -0.465 e. The van der Waals surface area contributed by atoms with Gasteiger partial charge in [0.1, 0.15) is 6.29 Å². The molecule has 0 aromatic heterocycles. The summed E-state index contributed by atoms with van der Waals surface area (Å²) in [6.45, 7) is 3.66. The lowest BCUT2D eigenvalue weighted by molar-refractivity contribution is -0.108. The molecule has 1 aromatic rings. The molecule has 0 aliphatic carbocycles. The van der Waals surface area contributed by atoms with E-state index in [1.165, 1.54) is 54.6 Å². The Hall–Kier alpha value is -1.88. The van der Waals surface area contributed by atoms with E-state index in [4.69, 9.17) is 4.74 Å². The Labute approximate surface area is 175 Å². The zero-order valence-electron chi connectivity index (χ0n) is 17.9. The van der Waals surface area contributed by atoms with Crippen LogP contribution in [0.25, 0.3) is 0 Å². The molecule has 1 aromatic carbocycles. The second-order valence-electron chi connectivity index (χ2n) is 8.08. The normalized spacial score (nSPS) is 18.9. The van der Waals surface area contributed by atoms with Gasteiger partial charge in [-0.25, -0.2) is 4.79 Å². The summed E-state index contributed by atoms with van der Waals surface area (Å²) in [6, 6.07) is 8.58. The molecule has 0 saturated carbocycles. The van der Waals surface area contributed by atoms with Gasteiger partial charge >= 0.3 is 6.09 Å². The lowest BCUT2D eigenvalue weighted by Gasteiger charge is -2.26. The van der Waals surface area contributed by atoms with Crippen LogP contribution in [0.15, 0.2) is 24.3 Å². The number of hydrogen-bond donors (Lipinski definition) is 1. The number of ether oxygens (including phenoxy) is 1. The molecule has 0 spiro atoms. The Morgan fingerprint density at radius 2 is 1.86 bits per heavy atom. The molecule has 1 amide bonds. The topological polar surface area (TPSA) is 66.8 Å². The summed E-state index contributed by atoms with van der Waals surface area (Å²) in [7, 11) is 0. The first-order valence-corrected chi connectivity index (χ1v) is 11.3. The fourth-order valence-electron chi connectivity index (χ4n) is 4.20. The van der Waals surface area contributed by atoms with Crippen LogP contribution in [0.5, 0.6) is 0 Å². The summed E-state index contributed by atoms with van der Waals surface area (Å²) in [6.07, 6.45) is 10.9. The van der Waals surface area contributed by atoms with Crippen LogP contribution in [-0.2, 0) is 16.0 Å². The smallest absolute Gasteiger partial charge is 0.407 e. The van der Waals surface area contributed by atoms with E-state index >= 15 is 0 Å². The summed E-state index contributed by atoms with van der Waals surface area (Å²) in [5.41, 5.74) is 2.56. The summed E-state index contributed by atoms with van der Waals surface area (Å²) in [5, 5.41) is 9.53. The van der Waals surface area contributed by atoms with Gasteiger partial charge in [-0.05, 0) is 36.8 Å². The third kappa shape index (κ3) is 7.81. The van der Waals surface area contributed by atoms with Crippen molar-refractivity contribution in [3.05, 3.63) is 35.4 Å². The maximum Gasteiger partial charge on any atom is 0.407 e. The van der Waals surface area contributed by atoms with E-state index in [2.05, 4.69) is 31.2 Å². The highest BCUT2D eigenvalue weighted by Gasteiger charge is 2.38. The van der Waals surface area contributed by atoms with E-state index in [1.807, 2.05) is 0 Å². The first-order valence-electron chi connectivity index (χ1n) is 11.3. The van der Waals surface area contributed by atoms with E-state index in [-0.39, 0.29) is 12.0 Å². The fourth-order valence-corrected chi connectivity index (χ4v) is 4.20. The number of hydrogen-bond acceptors (Lipinski definition) is 3. The van der Waals surface area contributed by atoms with E-state index in [9.17, 15) is 14.7 Å². The number of aldehydes is 1. The molecule has 29 heavy (non-hydrogen) atoms. The van der Waals surface area contributed by atoms with E-state index in [0.717, 1.165) is 19.1 Å². The molecule has 1 saturated heterocycles. The Balaban J connectivity index is 1.87. The Bertz CT molecular complexity index is 601. The van der Waals surface area contributed by atoms with Crippen LogP contribution in [-0.4, -0.2) is 48.2 Å². The molecule has 2 rings (SSSR count). The third-order valence-electron chi connectivity index (χ3n) is 5.92. The van der Waals surface area contributed by atoms with Gasteiger partial charge in [-0.15, -0.1) is 0 Å². The van der Waals surface area contributed by atoms with Crippen LogP contribution in [0.2, 0.25) is 0 Å². The molecule has 1 N–H and O–H groups in total. The van der Waals surface area contributed by atoms with Gasteiger partial charge in [-0.1, -0.05) is 63.3 Å². The van der Waals surface area contributed by atoms with Crippen molar-refractivity contribution < 1.29 is 19.4 Å². The molecule has 5 nitrogen and oxygen atoms in total. The van der Waals surface area contributed by atoms with Crippen molar-refractivity contribution in [1.29, 1.82) is 0 Å². The zero-order chi connectivity index (χ0) is 20.9. The second kappa shape index (κ2) is 13.4. The highest BCUT2D eigenvalue weighted by Crippen LogP contribution is 2.34. The summed E-state index contributed by atoms with van der Waals surface area (Å²) < 4.78 is 5.71. The number of benzene rings is 1. The van der Waals surface area contributed by atoms with Gasteiger partial charge in [0.05, 0.1) is 12.6 Å². The first kappa shape index (κ1) is 23.4. The van der Waals surface area contributed by atoms with E-state index in [0.29, 0.717) is 32.6 Å². The number of nitrogens with zero attached hydrogens (tertiary/aromatic N) is 1. The quantitative estimate of drug-likeness (QED) is 0.333. The Morgan fingerprint density at radius 1 is 1.14 bits per heavy atom. The van der Waals surface area contributed by atoms with Gasteiger partial charge in [-0.2, -0.15) is 0 Å². The number of aryl methyl sites for hydroxylation is 1. The van der Waals surface area contributed by atoms with Gasteiger partial charge in [0.15, 0.2) is 0 Å². The molecule has 1 fully saturated rings. The SMILES string of the molecule is CCCCCCCCc1ccc([C@H]2CCN(C(=O)O)[C@@H]2COCCCC=O)cc1. The zero-order valence-corrected chi connectivity index (χ0v) is 17.9. The standard InChI is InChI=1S/C24H37NO4/c1-2-3-4-5-6-7-10-20-11-13-21(14-12-20)22-15-16-25(24(27)28)23(22)19-29-18-9-8-17-26/h11-14,17,22-23H,2-10,15-16,18-19H2,1H3,(H,27,28)/t22-,23-/m1/s1. The molecule has 162 valence electrons. The lowest BCUT2D eigenvalue weighted by atomic mass is 9.91. The van der Waals surface area contributed by atoms with Crippen LogP contribution in [0.4, 0.5) is 4.79 Å². The lowest BCUT2D eigenvalue weighted by Crippen LogP contribution is -2.39. The van der Waals surface area contributed by atoms with Gasteiger partial charge in [-0.3, -0.25) is 0 Å². The minimum atomic E-state index is -0.881. The predicted octanol–water partition coefficient (Wildman–Crippen LogP) is 5.42. The van der Waals surface area contributed by atoms with Crippen LogP contribution in [0, 0.1) is 0 Å². The second-order valence-corrected chi connectivity index (χ2v) is 8.08. The van der Waals surface area contributed by atoms with Crippen molar-refractivity contribution in [2.24, 2.45) is 0 Å². The molecule has 0 unspecified atom stereocenters. The van der Waals surface area contributed by atoms with Crippen LogP contribution in [0.1, 0.15) is 81.8 Å². The van der Waals surface area contributed by atoms with Crippen molar-refractivity contribution in [3.8, 4) is 0 Å². The van der Waals surface area contributed by atoms with Crippen molar-refractivity contribution in [1.82, 2.24) is 4.90 Å². The van der Waals surface area contributed by atoms with Gasteiger partial charge in [0, 0.05) is 25.5 Å². The number of carbonyl (C=O) groups excluding carboxylic acids is 1. The number of unbranched alkanes of at least 4 members (excludes halogenated alkanes) is 6. The molecule has 1 aliphatic rings. The number of rotatable bonds is 14. The molecule has 5 heteroatoms. The fraction of sp³-hybridized carbons (Fsp3) is 0.667. The number of carboxylic acid groups (broad SMARTS) is 1. The van der Waals surface area contributed by atoms with Gasteiger partial charge in [0.2, 0.25) is 0 Å². The number of carbonyl (C=O) groups is 2. The van der Waals surface area contributed by atoms with Gasteiger partial charge in [0.25, 0.3) is 0 Å². The predicted molar refractivity (Wildman–Crippen MR) is 116 cm³/mol. The first-order chi connectivity index (χ1) is 14.2.